The standard InChI is InChI=1S/C20H16ClN5OS2/c1-12-23-17(11-28-12)13-3-2-4-15(7-13)24-19(27)8-16-10-29-20(25-16)26-18-6-5-14(21)9-22-18/h2-7,9-11H,8H2,1H3,(H,24,27)(H,22,25,26). The van der Waals surface area contributed by atoms with Gasteiger partial charge in [0.25, 0.3) is 0 Å². The van der Waals surface area contributed by atoms with Crippen molar-refractivity contribution in [2.45, 2.75) is 13.3 Å². The molecule has 0 aliphatic rings. The minimum atomic E-state index is -0.127. The summed E-state index contributed by atoms with van der Waals surface area (Å²) < 4.78 is 0. The third-order valence-corrected chi connectivity index (χ3v) is 5.72. The molecule has 0 fully saturated rings. The van der Waals surface area contributed by atoms with Crippen LogP contribution in [0.15, 0.2) is 53.4 Å². The normalized spacial score (nSPS) is 10.7. The molecule has 0 unspecified atom stereocenters. The van der Waals surface area contributed by atoms with Crippen LogP contribution in [0.5, 0.6) is 0 Å². The van der Waals surface area contributed by atoms with Crippen molar-refractivity contribution in [3.8, 4) is 11.3 Å². The number of pyridine rings is 1. The predicted octanol–water partition coefficient (Wildman–Crippen LogP) is 5.55. The van der Waals surface area contributed by atoms with Crippen LogP contribution in [0.4, 0.5) is 16.6 Å². The second-order valence-electron chi connectivity index (χ2n) is 6.19. The highest BCUT2D eigenvalue weighted by atomic mass is 35.5. The maximum atomic E-state index is 12.4. The number of aryl methyl sites for hydroxylation is 1. The maximum Gasteiger partial charge on any atom is 0.230 e. The Hall–Kier alpha value is -2.81. The van der Waals surface area contributed by atoms with Gasteiger partial charge in [-0.25, -0.2) is 15.0 Å². The lowest BCUT2D eigenvalue weighted by Crippen LogP contribution is -2.14. The van der Waals surface area contributed by atoms with Crippen LogP contribution in [0, 0.1) is 6.92 Å². The first kappa shape index (κ1) is 19.5. The molecule has 0 aliphatic heterocycles. The number of carbonyl (C=O) groups is 1. The lowest BCUT2D eigenvalue weighted by atomic mass is 10.1. The summed E-state index contributed by atoms with van der Waals surface area (Å²) in [4.78, 5) is 25.5. The van der Waals surface area contributed by atoms with Gasteiger partial charge in [-0.2, -0.15) is 0 Å². The van der Waals surface area contributed by atoms with Gasteiger partial charge in [-0.15, -0.1) is 22.7 Å². The third-order valence-electron chi connectivity index (χ3n) is 3.92. The highest BCUT2D eigenvalue weighted by Gasteiger charge is 2.10. The fourth-order valence-corrected chi connectivity index (χ4v) is 4.08. The Bertz CT molecular complexity index is 1140. The fourth-order valence-electron chi connectivity index (χ4n) is 2.63. The molecule has 29 heavy (non-hydrogen) atoms. The summed E-state index contributed by atoms with van der Waals surface area (Å²) in [5.41, 5.74) is 3.31. The molecule has 1 amide bonds. The zero-order valence-electron chi connectivity index (χ0n) is 15.3. The number of carbonyl (C=O) groups excluding carboxylic acids is 1. The van der Waals surface area contributed by atoms with Crippen molar-refractivity contribution < 1.29 is 4.79 Å². The Kier molecular flexibility index (Phi) is 5.84. The first-order chi connectivity index (χ1) is 14.0. The molecule has 4 rings (SSSR count). The molecule has 6 nitrogen and oxygen atoms in total. The summed E-state index contributed by atoms with van der Waals surface area (Å²) in [6, 6.07) is 11.2. The van der Waals surface area contributed by atoms with E-state index >= 15 is 0 Å². The van der Waals surface area contributed by atoms with Crippen molar-refractivity contribution in [1.82, 2.24) is 15.0 Å². The quantitative estimate of drug-likeness (QED) is 0.410. The van der Waals surface area contributed by atoms with E-state index in [2.05, 4.69) is 25.6 Å². The zero-order valence-corrected chi connectivity index (χ0v) is 17.7. The molecule has 0 radical (unpaired) electrons. The second kappa shape index (κ2) is 8.69. The van der Waals surface area contributed by atoms with Gasteiger partial charge in [0.05, 0.1) is 27.8 Å². The van der Waals surface area contributed by atoms with Gasteiger partial charge < -0.3 is 10.6 Å². The van der Waals surface area contributed by atoms with Crippen LogP contribution in [0.25, 0.3) is 11.3 Å². The van der Waals surface area contributed by atoms with Gasteiger partial charge >= 0.3 is 0 Å². The molecular formula is C20H16ClN5OS2. The Balaban J connectivity index is 1.38. The maximum absolute atomic E-state index is 12.4. The average Bonchev–Trinajstić information content (AvgIpc) is 3.33. The molecule has 1 aromatic carbocycles. The van der Waals surface area contributed by atoms with Gasteiger partial charge in [0.2, 0.25) is 5.91 Å². The first-order valence-electron chi connectivity index (χ1n) is 8.70. The van der Waals surface area contributed by atoms with E-state index in [1.165, 1.54) is 11.3 Å². The van der Waals surface area contributed by atoms with E-state index in [0.29, 0.717) is 21.7 Å². The molecule has 146 valence electrons. The number of nitrogens with zero attached hydrogens (tertiary/aromatic N) is 3. The highest BCUT2D eigenvalue weighted by molar-refractivity contribution is 7.13. The molecule has 3 aromatic heterocycles. The summed E-state index contributed by atoms with van der Waals surface area (Å²) in [5.74, 6) is 0.520. The van der Waals surface area contributed by atoms with Gasteiger partial charge in [-0.1, -0.05) is 23.7 Å². The Labute approximate surface area is 180 Å². The van der Waals surface area contributed by atoms with E-state index in [1.54, 1.807) is 29.7 Å². The number of thiazole rings is 2. The summed E-state index contributed by atoms with van der Waals surface area (Å²) in [6.45, 7) is 1.97. The smallest absolute Gasteiger partial charge is 0.230 e. The molecule has 0 aliphatic carbocycles. The van der Waals surface area contributed by atoms with Crippen LogP contribution in [0.2, 0.25) is 5.02 Å². The number of benzene rings is 1. The van der Waals surface area contributed by atoms with Crippen LogP contribution in [-0.2, 0) is 11.2 Å². The number of halogens is 1. The van der Waals surface area contributed by atoms with E-state index in [4.69, 9.17) is 11.6 Å². The van der Waals surface area contributed by atoms with Crippen LogP contribution in [0.1, 0.15) is 10.7 Å². The Morgan fingerprint density at radius 1 is 1.14 bits per heavy atom. The molecule has 0 bridgehead atoms. The van der Waals surface area contributed by atoms with Crippen molar-refractivity contribution in [3.63, 3.8) is 0 Å². The number of hydrogen-bond donors (Lipinski definition) is 2. The van der Waals surface area contributed by atoms with Gasteiger partial charge in [0.1, 0.15) is 5.82 Å². The number of hydrogen-bond acceptors (Lipinski definition) is 7. The Morgan fingerprint density at radius 3 is 2.79 bits per heavy atom. The van der Waals surface area contributed by atoms with Crippen molar-refractivity contribution in [2.24, 2.45) is 0 Å². The molecule has 0 spiro atoms. The number of aromatic nitrogens is 3. The van der Waals surface area contributed by atoms with Crippen LogP contribution in [0.3, 0.4) is 0 Å². The SMILES string of the molecule is Cc1nc(-c2cccc(NC(=O)Cc3csc(Nc4ccc(Cl)cn4)n3)c2)cs1. The molecule has 0 atom stereocenters. The number of amides is 1. The molecule has 9 heteroatoms. The van der Waals surface area contributed by atoms with Crippen molar-refractivity contribution in [3.05, 3.63) is 69.1 Å². The van der Waals surface area contributed by atoms with E-state index in [9.17, 15) is 4.79 Å². The van der Waals surface area contributed by atoms with Gasteiger partial charge in [-0.05, 0) is 31.2 Å². The van der Waals surface area contributed by atoms with Crippen LogP contribution in [-0.4, -0.2) is 20.9 Å². The van der Waals surface area contributed by atoms with E-state index in [0.717, 1.165) is 22.0 Å². The lowest BCUT2D eigenvalue weighted by Gasteiger charge is -2.06. The highest BCUT2D eigenvalue weighted by Crippen LogP contribution is 2.25. The second-order valence-corrected chi connectivity index (χ2v) is 8.54. The van der Waals surface area contributed by atoms with E-state index in [-0.39, 0.29) is 12.3 Å². The zero-order chi connectivity index (χ0) is 20.2. The number of anilines is 3. The summed E-state index contributed by atoms with van der Waals surface area (Å²) in [5, 5.41) is 12.1. The van der Waals surface area contributed by atoms with Crippen molar-refractivity contribution >= 4 is 56.8 Å². The summed E-state index contributed by atoms with van der Waals surface area (Å²) in [7, 11) is 0. The largest absolute Gasteiger partial charge is 0.326 e. The first-order valence-corrected chi connectivity index (χ1v) is 10.8. The topological polar surface area (TPSA) is 79.8 Å². The summed E-state index contributed by atoms with van der Waals surface area (Å²) >= 11 is 8.86. The molecule has 3 heterocycles. The van der Waals surface area contributed by atoms with E-state index < -0.39 is 0 Å². The fraction of sp³-hybridized carbons (Fsp3) is 0.100. The molecular weight excluding hydrogens is 426 g/mol. The predicted molar refractivity (Wildman–Crippen MR) is 119 cm³/mol. The molecule has 0 saturated heterocycles. The number of nitrogens with one attached hydrogen (secondary N) is 2. The minimum Gasteiger partial charge on any atom is -0.326 e. The van der Waals surface area contributed by atoms with Crippen molar-refractivity contribution in [1.29, 1.82) is 0 Å². The number of rotatable bonds is 6. The van der Waals surface area contributed by atoms with Crippen LogP contribution < -0.4 is 10.6 Å². The molecule has 2 N–H and O–H groups in total. The third kappa shape index (κ3) is 5.17. The van der Waals surface area contributed by atoms with Crippen molar-refractivity contribution in [2.75, 3.05) is 10.6 Å². The van der Waals surface area contributed by atoms with Crippen LogP contribution >= 0.6 is 34.3 Å². The summed E-state index contributed by atoms with van der Waals surface area (Å²) in [6.07, 6.45) is 1.75. The average molecular weight is 442 g/mol. The van der Waals surface area contributed by atoms with Gasteiger partial charge in [0.15, 0.2) is 5.13 Å². The Morgan fingerprint density at radius 2 is 2.03 bits per heavy atom. The molecule has 0 saturated carbocycles. The molecule has 4 aromatic rings. The van der Waals surface area contributed by atoms with E-state index in [1.807, 2.05) is 41.9 Å². The monoisotopic (exact) mass is 441 g/mol. The lowest BCUT2D eigenvalue weighted by molar-refractivity contribution is -0.115. The van der Waals surface area contributed by atoms with Gasteiger partial charge in [-0.3, -0.25) is 4.79 Å². The minimum absolute atomic E-state index is 0.127. The van der Waals surface area contributed by atoms with Gasteiger partial charge in [0, 0.05) is 28.2 Å².